The second-order valence-corrected chi connectivity index (χ2v) is 5.27. The van der Waals surface area contributed by atoms with Gasteiger partial charge in [-0.15, -0.1) is 0 Å². The average molecular weight is 248 g/mol. The van der Waals surface area contributed by atoms with E-state index in [2.05, 4.69) is 10.6 Å². The Morgan fingerprint density at radius 3 is 3.06 bits per heavy atom. The highest BCUT2D eigenvalue weighted by Crippen LogP contribution is 2.39. The van der Waals surface area contributed by atoms with Gasteiger partial charge < -0.3 is 10.6 Å². The first-order chi connectivity index (χ1) is 8.74. The van der Waals surface area contributed by atoms with E-state index in [1.807, 2.05) is 0 Å². The highest BCUT2D eigenvalue weighted by molar-refractivity contribution is 5.93. The number of hydrogen-bond acceptors (Lipinski definition) is 2. The van der Waals surface area contributed by atoms with Crippen LogP contribution >= 0.6 is 0 Å². The zero-order valence-corrected chi connectivity index (χ0v) is 10.2. The highest BCUT2D eigenvalue weighted by atomic mass is 19.1. The number of hydrogen-bond donors (Lipinski definition) is 2. The fraction of sp³-hybridized carbons (Fsp3) is 0.500. The first-order valence-electron chi connectivity index (χ1n) is 6.51. The van der Waals surface area contributed by atoms with Crippen molar-refractivity contribution < 1.29 is 9.18 Å². The van der Waals surface area contributed by atoms with Crippen molar-refractivity contribution in [3.63, 3.8) is 0 Å². The van der Waals surface area contributed by atoms with Gasteiger partial charge in [-0.25, -0.2) is 4.39 Å². The average Bonchev–Trinajstić information content (AvgIpc) is 2.89. The van der Waals surface area contributed by atoms with Gasteiger partial charge in [0.05, 0.1) is 0 Å². The van der Waals surface area contributed by atoms with Gasteiger partial charge in [-0.2, -0.15) is 0 Å². The van der Waals surface area contributed by atoms with Crippen molar-refractivity contribution in [3.05, 3.63) is 30.1 Å². The number of carbonyl (C=O) groups excluding carboxylic acids is 1. The number of carbonyl (C=O) groups is 1. The molecule has 2 fully saturated rings. The van der Waals surface area contributed by atoms with Crippen molar-refractivity contribution in [3.8, 4) is 0 Å². The standard InChI is InChI=1S/C14H17FN2O/c15-10-2-1-3-11(6-10)17-14(18)12-5-4-9-7-16-8-13(9)12/h1-3,6,9,12-13,16H,4-5,7-8H2,(H,17,18)/t9-,12+,13+/m1/s1. The molecule has 2 N–H and O–H groups in total. The SMILES string of the molecule is O=C(Nc1cccc(F)c1)[C@H]1CC[C@@H]2CNC[C@@H]21. The summed E-state index contributed by atoms with van der Waals surface area (Å²) in [5.41, 5.74) is 0.550. The lowest BCUT2D eigenvalue weighted by molar-refractivity contribution is -0.120. The van der Waals surface area contributed by atoms with Gasteiger partial charge in [0, 0.05) is 11.6 Å². The lowest BCUT2D eigenvalue weighted by Gasteiger charge is -2.17. The van der Waals surface area contributed by atoms with E-state index in [4.69, 9.17) is 0 Å². The molecule has 1 saturated heterocycles. The van der Waals surface area contributed by atoms with Crippen LogP contribution in [0.4, 0.5) is 10.1 Å². The number of amides is 1. The van der Waals surface area contributed by atoms with Gasteiger partial charge >= 0.3 is 0 Å². The molecule has 0 aromatic heterocycles. The minimum Gasteiger partial charge on any atom is -0.326 e. The van der Waals surface area contributed by atoms with Gasteiger partial charge in [0.25, 0.3) is 0 Å². The number of halogens is 1. The number of rotatable bonds is 2. The normalized spacial score (nSPS) is 30.2. The fourth-order valence-electron chi connectivity index (χ4n) is 3.27. The van der Waals surface area contributed by atoms with Crippen molar-refractivity contribution in [2.45, 2.75) is 12.8 Å². The second kappa shape index (κ2) is 4.69. The van der Waals surface area contributed by atoms with Crippen LogP contribution in [0.5, 0.6) is 0 Å². The third-order valence-electron chi connectivity index (χ3n) is 4.19. The van der Waals surface area contributed by atoms with Crippen molar-refractivity contribution in [1.82, 2.24) is 5.32 Å². The topological polar surface area (TPSA) is 41.1 Å². The summed E-state index contributed by atoms with van der Waals surface area (Å²) in [6.07, 6.45) is 2.08. The van der Waals surface area contributed by atoms with Gasteiger partial charge in [-0.05, 0) is 56.0 Å². The largest absolute Gasteiger partial charge is 0.326 e. The van der Waals surface area contributed by atoms with Crippen LogP contribution in [-0.4, -0.2) is 19.0 Å². The molecule has 0 radical (unpaired) electrons. The van der Waals surface area contributed by atoms with Crippen LogP contribution in [0, 0.1) is 23.6 Å². The molecule has 18 heavy (non-hydrogen) atoms. The molecular weight excluding hydrogens is 231 g/mol. The number of nitrogens with one attached hydrogen (secondary N) is 2. The van der Waals surface area contributed by atoms with E-state index >= 15 is 0 Å². The summed E-state index contributed by atoms with van der Waals surface area (Å²) in [4.78, 5) is 12.2. The summed E-state index contributed by atoms with van der Waals surface area (Å²) in [5.74, 6) is 0.900. The van der Waals surface area contributed by atoms with Crippen LogP contribution in [0.25, 0.3) is 0 Å². The molecule has 1 aromatic carbocycles. The van der Waals surface area contributed by atoms with Gasteiger partial charge in [0.2, 0.25) is 5.91 Å². The van der Waals surface area contributed by atoms with E-state index in [0.717, 1.165) is 25.9 Å². The third-order valence-corrected chi connectivity index (χ3v) is 4.19. The van der Waals surface area contributed by atoms with Crippen LogP contribution in [-0.2, 0) is 4.79 Å². The zero-order chi connectivity index (χ0) is 12.5. The Labute approximate surface area is 106 Å². The van der Waals surface area contributed by atoms with E-state index in [0.29, 0.717) is 17.5 Å². The second-order valence-electron chi connectivity index (χ2n) is 5.27. The molecule has 0 unspecified atom stereocenters. The van der Waals surface area contributed by atoms with E-state index in [9.17, 15) is 9.18 Å². The summed E-state index contributed by atoms with van der Waals surface area (Å²) < 4.78 is 13.0. The van der Waals surface area contributed by atoms with Gasteiger partial charge in [0.15, 0.2) is 0 Å². The van der Waals surface area contributed by atoms with Crippen molar-refractivity contribution in [1.29, 1.82) is 0 Å². The molecule has 1 aromatic rings. The predicted molar refractivity (Wildman–Crippen MR) is 67.6 cm³/mol. The summed E-state index contributed by atoms with van der Waals surface area (Å²) in [6, 6.07) is 6.07. The molecule has 1 aliphatic heterocycles. The van der Waals surface area contributed by atoms with E-state index in [1.54, 1.807) is 12.1 Å². The molecule has 0 bridgehead atoms. The van der Waals surface area contributed by atoms with Crippen LogP contribution < -0.4 is 10.6 Å². The molecule has 3 rings (SSSR count). The van der Waals surface area contributed by atoms with E-state index < -0.39 is 0 Å². The molecule has 3 nitrogen and oxygen atoms in total. The Morgan fingerprint density at radius 1 is 1.33 bits per heavy atom. The Kier molecular flexibility index (Phi) is 3.04. The molecule has 2 aliphatic rings. The highest BCUT2D eigenvalue weighted by Gasteiger charge is 2.42. The molecule has 0 spiro atoms. The predicted octanol–water partition coefficient (Wildman–Crippen LogP) is 2.01. The van der Waals surface area contributed by atoms with Crippen molar-refractivity contribution in [2.24, 2.45) is 17.8 Å². The fourth-order valence-corrected chi connectivity index (χ4v) is 3.27. The Hall–Kier alpha value is -1.42. The molecule has 1 saturated carbocycles. The minimum absolute atomic E-state index is 0.0387. The van der Waals surface area contributed by atoms with Crippen molar-refractivity contribution in [2.75, 3.05) is 18.4 Å². The maximum Gasteiger partial charge on any atom is 0.227 e. The third kappa shape index (κ3) is 2.12. The smallest absolute Gasteiger partial charge is 0.227 e. The summed E-state index contributed by atoms with van der Waals surface area (Å²) in [5, 5.41) is 6.17. The monoisotopic (exact) mass is 248 g/mol. The number of benzene rings is 1. The van der Waals surface area contributed by atoms with Crippen molar-refractivity contribution >= 4 is 11.6 Å². The van der Waals surface area contributed by atoms with E-state index in [-0.39, 0.29) is 17.6 Å². The molecule has 3 atom stereocenters. The molecule has 4 heteroatoms. The Balaban J connectivity index is 1.68. The van der Waals surface area contributed by atoms with Gasteiger partial charge in [0.1, 0.15) is 5.82 Å². The number of fused-ring (bicyclic) bond motifs is 1. The van der Waals surface area contributed by atoms with E-state index in [1.165, 1.54) is 12.1 Å². The molecule has 1 aliphatic carbocycles. The molecule has 1 amide bonds. The molecule has 1 heterocycles. The zero-order valence-electron chi connectivity index (χ0n) is 10.2. The lowest BCUT2D eigenvalue weighted by atomic mass is 9.92. The maximum atomic E-state index is 13.0. The van der Waals surface area contributed by atoms with Gasteiger partial charge in [-0.3, -0.25) is 4.79 Å². The lowest BCUT2D eigenvalue weighted by Crippen LogP contribution is -2.28. The first kappa shape index (κ1) is 11.7. The first-order valence-corrected chi connectivity index (χ1v) is 6.51. The Bertz CT molecular complexity index is 463. The van der Waals surface area contributed by atoms with Gasteiger partial charge in [-0.1, -0.05) is 6.07 Å². The van der Waals surface area contributed by atoms with Crippen LogP contribution in [0.15, 0.2) is 24.3 Å². The maximum absolute atomic E-state index is 13.0. The van der Waals surface area contributed by atoms with Crippen LogP contribution in [0.3, 0.4) is 0 Å². The summed E-state index contributed by atoms with van der Waals surface area (Å²) in [6.45, 7) is 1.97. The summed E-state index contributed by atoms with van der Waals surface area (Å²) in [7, 11) is 0. The van der Waals surface area contributed by atoms with Crippen LogP contribution in [0.2, 0.25) is 0 Å². The quantitative estimate of drug-likeness (QED) is 0.840. The summed E-state index contributed by atoms with van der Waals surface area (Å²) >= 11 is 0. The number of anilines is 1. The minimum atomic E-state index is -0.320. The van der Waals surface area contributed by atoms with Crippen LogP contribution in [0.1, 0.15) is 12.8 Å². The Morgan fingerprint density at radius 2 is 2.22 bits per heavy atom. The molecule has 96 valence electrons. The molecular formula is C14H17FN2O.